The van der Waals surface area contributed by atoms with E-state index in [4.69, 9.17) is 0 Å². The van der Waals surface area contributed by atoms with Crippen LogP contribution in [0.2, 0.25) is 0 Å². The number of hydrogen-bond donors (Lipinski definition) is 2. The van der Waals surface area contributed by atoms with Crippen molar-refractivity contribution in [3.8, 4) is 5.75 Å². The van der Waals surface area contributed by atoms with Gasteiger partial charge >= 0.3 is 0 Å². The zero-order valence-corrected chi connectivity index (χ0v) is 11.8. The first-order valence-corrected chi connectivity index (χ1v) is 7.47. The topological polar surface area (TPSA) is 45.2 Å². The molecule has 0 radical (unpaired) electrons. The van der Waals surface area contributed by atoms with Crippen LogP contribution in [-0.4, -0.2) is 16.3 Å². The average molecular weight is 282 g/mol. The van der Waals surface area contributed by atoms with Crippen molar-refractivity contribution in [2.45, 2.75) is 4.90 Å². The van der Waals surface area contributed by atoms with E-state index in [1.807, 2.05) is 24.3 Å². The number of thioether (sulfide) groups is 1. The van der Waals surface area contributed by atoms with Gasteiger partial charge in [-0.1, -0.05) is 0 Å². The highest BCUT2D eigenvalue weighted by Gasteiger charge is 2.04. The van der Waals surface area contributed by atoms with Gasteiger partial charge in [0.2, 0.25) is 0 Å². The molecular formula is C16H14N2OS. The average Bonchev–Trinajstić information content (AvgIpc) is 2.49. The lowest BCUT2D eigenvalue weighted by atomic mass is 10.2. The molecule has 4 heteroatoms. The van der Waals surface area contributed by atoms with Crippen molar-refractivity contribution >= 4 is 34.0 Å². The minimum atomic E-state index is 0.264. The van der Waals surface area contributed by atoms with E-state index in [9.17, 15) is 5.11 Å². The maximum Gasteiger partial charge on any atom is 0.115 e. The first-order valence-electron chi connectivity index (χ1n) is 6.25. The molecule has 0 aliphatic heterocycles. The van der Waals surface area contributed by atoms with Gasteiger partial charge in [-0.05, 0) is 54.8 Å². The van der Waals surface area contributed by atoms with Gasteiger partial charge in [0.25, 0.3) is 0 Å². The van der Waals surface area contributed by atoms with Crippen LogP contribution in [0, 0.1) is 0 Å². The number of nitrogens with zero attached hydrogens (tertiary/aromatic N) is 1. The van der Waals surface area contributed by atoms with Crippen molar-refractivity contribution in [3.63, 3.8) is 0 Å². The molecule has 0 atom stereocenters. The highest BCUT2D eigenvalue weighted by atomic mass is 32.2. The lowest BCUT2D eigenvalue weighted by Gasteiger charge is -2.10. The van der Waals surface area contributed by atoms with Crippen molar-refractivity contribution in [1.29, 1.82) is 0 Å². The van der Waals surface area contributed by atoms with Gasteiger partial charge in [-0.2, -0.15) is 0 Å². The molecular weight excluding hydrogens is 268 g/mol. The van der Waals surface area contributed by atoms with E-state index in [1.165, 1.54) is 4.90 Å². The zero-order valence-electron chi connectivity index (χ0n) is 11.0. The Morgan fingerprint density at radius 1 is 1.05 bits per heavy atom. The molecule has 3 aromatic rings. The fourth-order valence-electron chi connectivity index (χ4n) is 2.06. The minimum Gasteiger partial charge on any atom is -0.508 e. The van der Waals surface area contributed by atoms with Crippen LogP contribution in [0.4, 0.5) is 11.4 Å². The van der Waals surface area contributed by atoms with Gasteiger partial charge in [-0.25, -0.2) is 0 Å². The summed E-state index contributed by atoms with van der Waals surface area (Å²) in [5.74, 6) is 0.264. The molecule has 2 aromatic carbocycles. The lowest BCUT2D eigenvalue weighted by Crippen LogP contribution is -1.92. The smallest absolute Gasteiger partial charge is 0.115 e. The van der Waals surface area contributed by atoms with Gasteiger partial charge in [0, 0.05) is 27.9 Å². The third-order valence-electron chi connectivity index (χ3n) is 3.10. The molecule has 0 aliphatic carbocycles. The van der Waals surface area contributed by atoms with E-state index in [0.29, 0.717) is 0 Å². The number of phenols is 1. The second-order valence-electron chi connectivity index (χ2n) is 4.41. The Labute approximate surface area is 121 Å². The Bertz CT molecular complexity index is 741. The van der Waals surface area contributed by atoms with Crippen LogP contribution in [0.1, 0.15) is 0 Å². The summed E-state index contributed by atoms with van der Waals surface area (Å²) in [4.78, 5) is 5.59. The summed E-state index contributed by atoms with van der Waals surface area (Å²) in [6.45, 7) is 0. The summed E-state index contributed by atoms with van der Waals surface area (Å²) < 4.78 is 0. The summed E-state index contributed by atoms with van der Waals surface area (Å²) in [5.41, 5.74) is 2.91. The minimum absolute atomic E-state index is 0.264. The van der Waals surface area contributed by atoms with Crippen molar-refractivity contribution in [1.82, 2.24) is 4.98 Å². The maximum atomic E-state index is 9.32. The van der Waals surface area contributed by atoms with Crippen molar-refractivity contribution < 1.29 is 5.11 Å². The van der Waals surface area contributed by atoms with Gasteiger partial charge in [-0.3, -0.25) is 4.98 Å². The normalized spacial score (nSPS) is 10.7. The van der Waals surface area contributed by atoms with Crippen LogP contribution in [0.15, 0.2) is 59.6 Å². The Morgan fingerprint density at radius 2 is 1.85 bits per heavy atom. The predicted octanol–water partition coefficient (Wildman–Crippen LogP) is 4.41. The molecule has 1 aromatic heterocycles. The van der Waals surface area contributed by atoms with Crippen LogP contribution >= 0.6 is 11.8 Å². The van der Waals surface area contributed by atoms with Gasteiger partial charge in [0.05, 0.1) is 5.52 Å². The first-order chi connectivity index (χ1) is 9.76. The van der Waals surface area contributed by atoms with Crippen LogP contribution in [0.5, 0.6) is 5.75 Å². The van der Waals surface area contributed by atoms with E-state index in [1.54, 1.807) is 30.1 Å². The Morgan fingerprint density at radius 3 is 2.60 bits per heavy atom. The third kappa shape index (κ3) is 2.56. The molecule has 0 spiro atoms. The predicted molar refractivity (Wildman–Crippen MR) is 84.9 cm³/mol. The summed E-state index contributed by atoms with van der Waals surface area (Å²) in [5, 5.41) is 13.8. The molecule has 0 bridgehead atoms. The number of pyridine rings is 1. The van der Waals surface area contributed by atoms with Gasteiger partial charge in [0.15, 0.2) is 0 Å². The van der Waals surface area contributed by atoms with E-state index < -0.39 is 0 Å². The molecule has 0 saturated carbocycles. The molecule has 0 saturated heterocycles. The largest absolute Gasteiger partial charge is 0.508 e. The molecule has 3 nitrogen and oxygen atoms in total. The Kier molecular flexibility index (Phi) is 3.48. The Balaban J connectivity index is 2.04. The maximum absolute atomic E-state index is 9.32. The fraction of sp³-hybridized carbons (Fsp3) is 0.0625. The van der Waals surface area contributed by atoms with Gasteiger partial charge in [0.1, 0.15) is 5.75 Å². The van der Waals surface area contributed by atoms with Gasteiger partial charge in [-0.15, -0.1) is 11.8 Å². The van der Waals surface area contributed by atoms with Crippen LogP contribution < -0.4 is 5.32 Å². The highest BCUT2D eigenvalue weighted by molar-refractivity contribution is 7.98. The molecule has 100 valence electrons. The summed E-state index contributed by atoms with van der Waals surface area (Å²) >= 11 is 1.71. The number of rotatable bonds is 3. The van der Waals surface area contributed by atoms with Gasteiger partial charge < -0.3 is 10.4 Å². The van der Waals surface area contributed by atoms with E-state index >= 15 is 0 Å². The number of aromatic hydroxyl groups is 1. The molecule has 0 amide bonds. The van der Waals surface area contributed by atoms with E-state index in [0.717, 1.165) is 22.3 Å². The third-order valence-corrected chi connectivity index (χ3v) is 3.82. The van der Waals surface area contributed by atoms with E-state index in [2.05, 4.69) is 28.7 Å². The number of fused-ring (bicyclic) bond motifs is 1. The second kappa shape index (κ2) is 5.43. The highest BCUT2D eigenvalue weighted by Crippen LogP contribution is 2.29. The first kappa shape index (κ1) is 12.8. The quantitative estimate of drug-likeness (QED) is 0.552. The number of phenolic OH excluding ortho intramolecular Hbond substituents is 1. The molecule has 0 unspecified atom stereocenters. The van der Waals surface area contributed by atoms with Crippen LogP contribution in [0.25, 0.3) is 10.9 Å². The number of hydrogen-bond acceptors (Lipinski definition) is 4. The van der Waals surface area contributed by atoms with Crippen LogP contribution in [-0.2, 0) is 0 Å². The van der Waals surface area contributed by atoms with E-state index in [-0.39, 0.29) is 5.75 Å². The lowest BCUT2D eigenvalue weighted by molar-refractivity contribution is 0.475. The van der Waals surface area contributed by atoms with Crippen molar-refractivity contribution in [2.75, 3.05) is 11.6 Å². The molecule has 3 rings (SSSR count). The zero-order chi connectivity index (χ0) is 13.9. The summed E-state index contributed by atoms with van der Waals surface area (Å²) in [6.07, 6.45) is 3.86. The fourth-order valence-corrected chi connectivity index (χ4v) is 2.50. The number of aromatic nitrogens is 1. The molecule has 20 heavy (non-hydrogen) atoms. The summed E-state index contributed by atoms with van der Waals surface area (Å²) in [6, 6.07) is 15.2. The molecule has 2 N–H and O–H groups in total. The monoisotopic (exact) mass is 282 g/mol. The SMILES string of the molecule is CSc1ccc2nccc(Nc3ccc(O)cc3)c2c1. The Hall–Kier alpha value is -2.20. The number of nitrogens with one attached hydrogen (secondary N) is 1. The molecule has 1 heterocycles. The number of anilines is 2. The van der Waals surface area contributed by atoms with Crippen molar-refractivity contribution in [2.24, 2.45) is 0 Å². The second-order valence-corrected chi connectivity index (χ2v) is 5.29. The molecule has 0 fully saturated rings. The summed E-state index contributed by atoms with van der Waals surface area (Å²) in [7, 11) is 0. The van der Waals surface area contributed by atoms with Crippen LogP contribution in [0.3, 0.4) is 0 Å². The molecule has 0 aliphatic rings. The number of benzene rings is 2. The van der Waals surface area contributed by atoms with Crippen molar-refractivity contribution in [3.05, 3.63) is 54.7 Å². The standard InChI is InChI=1S/C16H14N2OS/c1-20-13-6-7-15-14(10-13)16(8-9-17-15)18-11-2-4-12(19)5-3-11/h2-10,19H,1H3,(H,17,18).